The molecular formula is C20H26N2O6. The smallest absolute Gasteiger partial charge is 0.323 e. The van der Waals surface area contributed by atoms with Gasteiger partial charge in [0.25, 0.3) is 0 Å². The van der Waals surface area contributed by atoms with Gasteiger partial charge in [-0.15, -0.1) is 0 Å². The number of carbonyl (C=O) groups is 4. The highest BCUT2D eigenvalue weighted by Gasteiger charge is 2.64. The van der Waals surface area contributed by atoms with Gasteiger partial charge in [-0.05, 0) is 38.7 Å². The predicted octanol–water partition coefficient (Wildman–Crippen LogP) is 1.43. The topological polar surface area (TPSA) is 137 Å². The molecule has 0 aliphatic heterocycles. The molecule has 0 radical (unpaired) electrons. The van der Waals surface area contributed by atoms with Crippen LogP contribution in [0.3, 0.4) is 0 Å². The SMILES string of the molecule is COC(=O)C(C(C)=O)C(C#N)C1=C(N)C2(CCCC2)CC1(C(C)=O)C(=O)OC. The van der Waals surface area contributed by atoms with Crippen LogP contribution in [0, 0.1) is 34.0 Å². The Morgan fingerprint density at radius 1 is 1.11 bits per heavy atom. The highest BCUT2D eigenvalue weighted by atomic mass is 16.5. The molecule has 2 aliphatic carbocycles. The second kappa shape index (κ2) is 7.74. The molecule has 28 heavy (non-hydrogen) atoms. The molecule has 3 unspecified atom stereocenters. The first kappa shape index (κ1) is 21.6. The maximum Gasteiger partial charge on any atom is 0.323 e. The van der Waals surface area contributed by atoms with Crippen molar-refractivity contribution in [1.82, 2.24) is 0 Å². The highest BCUT2D eigenvalue weighted by molar-refractivity contribution is 6.08. The molecule has 152 valence electrons. The molecule has 0 bridgehead atoms. The second-order valence-electron chi connectivity index (χ2n) is 7.66. The normalized spacial score (nSPS) is 25.1. The molecule has 1 saturated carbocycles. The van der Waals surface area contributed by atoms with Crippen molar-refractivity contribution < 1.29 is 28.7 Å². The average Bonchev–Trinajstić information content (AvgIpc) is 3.23. The lowest BCUT2D eigenvalue weighted by atomic mass is 9.67. The van der Waals surface area contributed by atoms with Gasteiger partial charge in [0.15, 0.2) is 11.2 Å². The molecule has 1 fully saturated rings. The van der Waals surface area contributed by atoms with E-state index in [1.165, 1.54) is 6.92 Å². The maximum atomic E-state index is 12.9. The van der Waals surface area contributed by atoms with Gasteiger partial charge in [-0.3, -0.25) is 19.2 Å². The fraction of sp³-hybridized carbons (Fsp3) is 0.650. The first-order chi connectivity index (χ1) is 13.1. The summed E-state index contributed by atoms with van der Waals surface area (Å²) in [6, 6.07) is 1.95. The monoisotopic (exact) mass is 390 g/mol. The molecule has 2 aliphatic rings. The lowest BCUT2D eigenvalue weighted by Gasteiger charge is -2.32. The Labute approximate surface area is 164 Å². The summed E-state index contributed by atoms with van der Waals surface area (Å²) < 4.78 is 9.65. The van der Waals surface area contributed by atoms with Crippen LogP contribution in [0.15, 0.2) is 11.3 Å². The molecule has 0 saturated heterocycles. The Hall–Kier alpha value is -2.69. The third-order valence-corrected chi connectivity index (χ3v) is 6.30. The fourth-order valence-electron chi connectivity index (χ4n) is 4.93. The van der Waals surface area contributed by atoms with Crippen molar-refractivity contribution in [3.8, 4) is 6.07 Å². The Morgan fingerprint density at radius 3 is 2.07 bits per heavy atom. The zero-order valence-electron chi connectivity index (χ0n) is 16.7. The molecule has 8 heteroatoms. The van der Waals surface area contributed by atoms with Gasteiger partial charge in [0.05, 0.1) is 26.2 Å². The van der Waals surface area contributed by atoms with Gasteiger partial charge in [0, 0.05) is 11.1 Å². The summed E-state index contributed by atoms with van der Waals surface area (Å²) >= 11 is 0. The van der Waals surface area contributed by atoms with Crippen LogP contribution in [-0.2, 0) is 28.7 Å². The Bertz CT molecular complexity index is 787. The zero-order chi connectivity index (χ0) is 21.3. The lowest BCUT2D eigenvalue weighted by Crippen LogP contribution is -2.44. The van der Waals surface area contributed by atoms with E-state index in [4.69, 9.17) is 15.2 Å². The minimum atomic E-state index is -1.79. The van der Waals surface area contributed by atoms with Crippen molar-refractivity contribution in [1.29, 1.82) is 5.26 Å². The molecular weight excluding hydrogens is 364 g/mol. The van der Waals surface area contributed by atoms with Crippen molar-refractivity contribution in [3.63, 3.8) is 0 Å². The van der Waals surface area contributed by atoms with E-state index in [2.05, 4.69) is 0 Å². The predicted molar refractivity (Wildman–Crippen MR) is 97.2 cm³/mol. The van der Waals surface area contributed by atoms with Gasteiger partial charge >= 0.3 is 11.9 Å². The largest absolute Gasteiger partial charge is 0.468 e. The summed E-state index contributed by atoms with van der Waals surface area (Å²) in [6.45, 7) is 2.41. The van der Waals surface area contributed by atoms with E-state index in [0.717, 1.165) is 34.0 Å². The Balaban J connectivity index is 2.81. The fourth-order valence-corrected chi connectivity index (χ4v) is 4.93. The van der Waals surface area contributed by atoms with E-state index >= 15 is 0 Å². The number of rotatable bonds is 6. The van der Waals surface area contributed by atoms with Gasteiger partial charge in [-0.1, -0.05) is 12.8 Å². The van der Waals surface area contributed by atoms with Crippen molar-refractivity contribution in [2.24, 2.45) is 28.4 Å². The minimum absolute atomic E-state index is 0.0295. The first-order valence-electron chi connectivity index (χ1n) is 9.21. The molecule has 2 N–H and O–H groups in total. The van der Waals surface area contributed by atoms with Crippen LogP contribution in [0.2, 0.25) is 0 Å². The van der Waals surface area contributed by atoms with E-state index in [0.29, 0.717) is 12.8 Å². The van der Waals surface area contributed by atoms with E-state index in [1.54, 1.807) is 0 Å². The third kappa shape index (κ3) is 2.99. The molecule has 3 atom stereocenters. The van der Waals surface area contributed by atoms with Gasteiger partial charge in [-0.2, -0.15) is 5.26 Å². The van der Waals surface area contributed by atoms with Gasteiger partial charge in [-0.25, -0.2) is 0 Å². The third-order valence-electron chi connectivity index (χ3n) is 6.30. The summed E-state index contributed by atoms with van der Waals surface area (Å²) in [5.41, 5.74) is 4.36. The van der Waals surface area contributed by atoms with Crippen LogP contribution in [0.4, 0.5) is 0 Å². The number of esters is 2. The molecule has 8 nitrogen and oxygen atoms in total. The standard InChI is InChI=1S/C20H26N2O6/c1-11(23)14(17(25)27-3)13(9-21)15-16(22)19(7-5-6-8-19)10-20(15,12(2)24)18(26)28-4/h13-14H,5-8,10,22H2,1-4H3. The summed E-state index contributed by atoms with van der Waals surface area (Å²) in [4.78, 5) is 50.2. The molecule has 0 aromatic carbocycles. The van der Waals surface area contributed by atoms with Crippen LogP contribution in [0.1, 0.15) is 46.0 Å². The molecule has 0 heterocycles. The van der Waals surface area contributed by atoms with Crippen molar-refractivity contribution in [2.75, 3.05) is 14.2 Å². The number of nitrogens with two attached hydrogens (primary N) is 1. The number of allylic oxidation sites excluding steroid dienone is 1. The molecule has 0 amide bonds. The number of Topliss-reactive ketones (excluding diaryl/α,β-unsaturated/α-hetero) is 2. The first-order valence-corrected chi connectivity index (χ1v) is 9.21. The van der Waals surface area contributed by atoms with Gasteiger partial charge in [0.1, 0.15) is 11.7 Å². The quantitative estimate of drug-likeness (QED) is 0.531. The molecule has 0 aromatic heterocycles. The van der Waals surface area contributed by atoms with Crippen molar-refractivity contribution >= 4 is 23.5 Å². The number of nitriles is 1. The van der Waals surface area contributed by atoms with E-state index in [-0.39, 0.29) is 17.7 Å². The van der Waals surface area contributed by atoms with E-state index in [1.807, 2.05) is 6.07 Å². The summed E-state index contributed by atoms with van der Waals surface area (Å²) in [5.74, 6) is -5.73. The van der Waals surface area contributed by atoms with E-state index in [9.17, 15) is 24.4 Å². The van der Waals surface area contributed by atoms with Crippen LogP contribution in [-0.4, -0.2) is 37.7 Å². The lowest BCUT2D eigenvalue weighted by molar-refractivity contribution is -0.158. The number of nitrogens with zero attached hydrogens (tertiary/aromatic N) is 1. The Kier molecular flexibility index (Phi) is 5.97. The minimum Gasteiger partial charge on any atom is -0.468 e. The van der Waals surface area contributed by atoms with Gasteiger partial charge in [0.2, 0.25) is 0 Å². The summed E-state index contributed by atoms with van der Waals surface area (Å²) in [5, 5.41) is 9.90. The summed E-state index contributed by atoms with van der Waals surface area (Å²) in [6.07, 6.45) is 3.15. The number of methoxy groups -OCH3 is 2. The van der Waals surface area contributed by atoms with Crippen molar-refractivity contribution in [2.45, 2.75) is 46.0 Å². The summed E-state index contributed by atoms with van der Waals surface area (Å²) in [7, 11) is 2.26. The number of hydrogen-bond acceptors (Lipinski definition) is 8. The van der Waals surface area contributed by atoms with Crippen molar-refractivity contribution in [3.05, 3.63) is 11.3 Å². The maximum absolute atomic E-state index is 12.9. The molecule has 1 spiro atoms. The molecule has 2 rings (SSSR count). The number of hydrogen-bond donors (Lipinski definition) is 1. The number of ether oxygens (including phenoxy) is 2. The van der Waals surface area contributed by atoms with E-state index < -0.39 is 46.2 Å². The van der Waals surface area contributed by atoms with Crippen LogP contribution < -0.4 is 5.73 Å². The number of carbonyl (C=O) groups excluding carboxylic acids is 4. The average molecular weight is 390 g/mol. The van der Waals surface area contributed by atoms with Crippen LogP contribution in [0.25, 0.3) is 0 Å². The highest BCUT2D eigenvalue weighted by Crippen LogP contribution is 2.61. The van der Waals surface area contributed by atoms with Crippen LogP contribution >= 0.6 is 0 Å². The van der Waals surface area contributed by atoms with Crippen LogP contribution in [0.5, 0.6) is 0 Å². The Morgan fingerprint density at radius 2 is 1.68 bits per heavy atom. The number of ketones is 2. The van der Waals surface area contributed by atoms with Gasteiger partial charge < -0.3 is 15.2 Å². The molecule has 0 aromatic rings. The zero-order valence-corrected chi connectivity index (χ0v) is 16.7. The second-order valence-corrected chi connectivity index (χ2v) is 7.66.